The molecule has 4 nitrogen and oxygen atoms in total. The molecular weight excluding hydrogens is 286 g/mol. The largest absolute Gasteiger partial charge is 0.382 e. The Morgan fingerprint density at radius 2 is 1.87 bits per heavy atom. The summed E-state index contributed by atoms with van der Waals surface area (Å²) in [6, 6.07) is 14.4. The molecule has 1 N–H and O–H groups in total. The van der Waals surface area contributed by atoms with E-state index in [0.717, 1.165) is 29.0 Å². The van der Waals surface area contributed by atoms with Gasteiger partial charge in [0.1, 0.15) is 11.4 Å². The molecule has 0 amide bonds. The van der Waals surface area contributed by atoms with Crippen LogP contribution in [0.4, 0.5) is 0 Å². The van der Waals surface area contributed by atoms with Crippen LogP contribution >= 0.6 is 0 Å². The molecule has 0 saturated carbocycles. The van der Waals surface area contributed by atoms with Gasteiger partial charge in [-0.25, -0.2) is 4.98 Å². The molecule has 4 rings (SSSR count). The van der Waals surface area contributed by atoms with Gasteiger partial charge in [0.05, 0.1) is 6.54 Å². The van der Waals surface area contributed by atoms with Crippen molar-refractivity contribution in [3.05, 3.63) is 65.7 Å². The van der Waals surface area contributed by atoms with Gasteiger partial charge in [-0.15, -0.1) is 0 Å². The summed E-state index contributed by atoms with van der Waals surface area (Å²) in [6.45, 7) is 4.12. The third kappa shape index (κ3) is 2.35. The molecule has 2 aromatic carbocycles. The molecular formula is C19H21N3O. The van der Waals surface area contributed by atoms with Gasteiger partial charge < -0.3 is 9.67 Å². The van der Waals surface area contributed by atoms with E-state index >= 15 is 0 Å². The van der Waals surface area contributed by atoms with Crippen LogP contribution in [0, 0.1) is 6.92 Å². The zero-order valence-corrected chi connectivity index (χ0v) is 13.5. The van der Waals surface area contributed by atoms with Crippen LogP contribution in [0.25, 0.3) is 10.8 Å². The van der Waals surface area contributed by atoms with Crippen molar-refractivity contribution < 1.29 is 5.11 Å². The van der Waals surface area contributed by atoms with E-state index in [9.17, 15) is 5.11 Å². The average molecular weight is 307 g/mol. The van der Waals surface area contributed by atoms with Crippen molar-refractivity contribution in [2.45, 2.75) is 19.1 Å². The fourth-order valence-electron chi connectivity index (χ4n) is 3.50. The molecule has 0 aliphatic carbocycles. The maximum Gasteiger partial charge on any atom is 0.122 e. The minimum atomic E-state index is -0.763. The lowest BCUT2D eigenvalue weighted by Crippen LogP contribution is -2.58. The number of aryl methyl sites for hydroxylation is 1. The van der Waals surface area contributed by atoms with Crippen LogP contribution in [0.1, 0.15) is 17.1 Å². The minimum absolute atomic E-state index is 0.646. The zero-order valence-electron chi connectivity index (χ0n) is 13.5. The summed E-state index contributed by atoms with van der Waals surface area (Å²) >= 11 is 0. The molecule has 0 radical (unpaired) electrons. The number of aromatic nitrogens is 2. The Kier molecular flexibility index (Phi) is 3.25. The number of likely N-dealkylation sites (tertiary alicyclic amines) is 1. The zero-order chi connectivity index (χ0) is 16.0. The second-order valence-corrected chi connectivity index (χ2v) is 6.58. The number of hydrogen-bond acceptors (Lipinski definition) is 3. The highest BCUT2D eigenvalue weighted by molar-refractivity contribution is 5.86. The van der Waals surface area contributed by atoms with E-state index in [2.05, 4.69) is 39.6 Å². The maximum absolute atomic E-state index is 11.0. The Balaban J connectivity index is 1.56. The van der Waals surface area contributed by atoms with Crippen molar-refractivity contribution in [3.63, 3.8) is 0 Å². The van der Waals surface area contributed by atoms with Crippen molar-refractivity contribution in [2.75, 3.05) is 13.1 Å². The molecule has 3 aromatic rings. The molecule has 0 unspecified atom stereocenters. The van der Waals surface area contributed by atoms with Gasteiger partial charge in [-0.1, -0.05) is 42.5 Å². The van der Waals surface area contributed by atoms with Crippen molar-refractivity contribution in [2.24, 2.45) is 7.05 Å². The third-order valence-electron chi connectivity index (χ3n) is 4.94. The van der Waals surface area contributed by atoms with E-state index in [0.29, 0.717) is 13.1 Å². The first-order valence-electron chi connectivity index (χ1n) is 7.97. The van der Waals surface area contributed by atoms with Crippen LogP contribution in [0.2, 0.25) is 0 Å². The summed E-state index contributed by atoms with van der Waals surface area (Å²) in [4.78, 5) is 6.69. The summed E-state index contributed by atoms with van der Waals surface area (Å²) in [6.07, 6.45) is 1.89. The van der Waals surface area contributed by atoms with Gasteiger partial charge in [0.25, 0.3) is 0 Å². The maximum atomic E-state index is 11.0. The predicted molar refractivity (Wildman–Crippen MR) is 91.1 cm³/mol. The molecule has 1 saturated heterocycles. The molecule has 1 fully saturated rings. The molecule has 0 bridgehead atoms. The Morgan fingerprint density at radius 1 is 1.13 bits per heavy atom. The van der Waals surface area contributed by atoms with Crippen molar-refractivity contribution in [3.8, 4) is 0 Å². The number of imidazole rings is 1. The molecule has 1 aliphatic heterocycles. The first-order valence-corrected chi connectivity index (χ1v) is 7.97. The van der Waals surface area contributed by atoms with E-state index in [-0.39, 0.29) is 0 Å². The Labute approximate surface area is 136 Å². The first kappa shape index (κ1) is 14.4. The number of nitrogens with zero attached hydrogens (tertiary/aromatic N) is 3. The van der Waals surface area contributed by atoms with Gasteiger partial charge >= 0.3 is 0 Å². The standard InChI is InChI=1S/C19H21N3O/c1-14-10-20-18(21(14)2)11-22-12-19(23,13-22)17-9-5-7-15-6-3-4-8-16(15)17/h3-10,23H,11-13H2,1-2H3. The third-order valence-corrected chi connectivity index (χ3v) is 4.94. The van der Waals surface area contributed by atoms with Crippen molar-refractivity contribution in [1.29, 1.82) is 0 Å². The van der Waals surface area contributed by atoms with E-state index in [1.807, 2.05) is 37.5 Å². The average Bonchev–Trinajstić information content (AvgIpc) is 2.85. The number of rotatable bonds is 3. The van der Waals surface area contributed by atoms with Gasteiger partial charge in [-0.05, 0) is 23.3 Å². The van der Waals surface area contributed by atoms with Crippen LogP contribution in [0.5, 0.6) is 0 Å². The van der Waals surface area contributed by atoms with E-state index in [4.69, 9.17) is 0 Å². The molecule has 1 aromatic heterocycles. The lowest BCUT2D eigenvalue weighted by molar-refractivity contribution is -0.108. The molecule has 118 valence electrons. The SMILES string of the molecule is Cc1cnc(CN2CC(O)(c3cccc4ccccc34)C2)n1C. The predicted octanol–water partition coefficient (Wildman–Crippen LogP) is 2.59. The number of benzene rings is 2. The molecule has 0 spiro atoms. The molecule has 2 heterocycles. The smallest absolute Gasteiger partial charge is 0.122 e. The Hall–Kier alpha value is -2.17. The van der Waals surface area contributed by atoms with E-state index < -0.39 is 5.60 Å². The summed E-state index contributed by atoms with van der Waals surface area (Å²) in [5.74, 6) is 1.04. The topological polar surface area (TPSA) is 41.3 Å². The van der Waals surface area contributed by atoms with Crippen molar-refractivity contribution >= 4 is 10.8 Å². The molecule has 23 heavy (non-hydrogen) atoms. The number of fused-ring (bicyclic) bond motifs is 1. The van der Waals surface area contributed by atoms with E-state index in [1.54, 1.807) is 0 Å². The first-order chi connectivity index (χ1) is 11.1. The van der Waals surface area contributed by atoms with Gasteiger partial charge in [0.15, 0.2) is 0 Å². The molecule has 0 atom stereocenters. The normalized spacial score (nSPS) is 17.3. The van der Waals surface area contributed by atoms with Crippen LogP contribution in [0.15, 0.2) is 48.7 Å². The van der Waals surface area contributed by atoms with Gasteiger partial charge in [0.2, 0.25) is 0 Å². The fraction of sp³-hybridized carbons (Fsp3) is 0.316. The number of hydrogen-bond donors (Lipinski definition) is 1. The van der Waals surface area contributed by atoms with Crippen LogP contribution in [-0.4, -0.2) is 32.6 Å². The highest BCUT2D eigenvalue weighted by atomic mass is 16.3. The summed E-state index contributed by atoms with van der Waals surface area (Å²) in [7, 11) is 2.04. The second-order valence-electron chi connectivity index (χ2n) is 6.58. The highest BCUT2D eigenvalue weighted by Crippen LogP contribution is 2.36. The summed E-state index contributed by atoms with van der Waals surface area (Å²) in [5, 5.41) is 13.4. The minimum Gasteiger partial charge on any atom is -0.382 e. The number of aliphatic hydroxyl groups is 1. The lowest BCUT2D eigenvalue weighted by Gasteiger charge is -2.47. The van der Waals surface area contributed by atoms with Crippen LogP contribution < -0.4 is 0 Å². The second kappa shape index (κ2) is 5.18. The van der Waals surface area contributed by atoms with Crippen molar-refractivity contribution in [1.82, 2.24) is 14.5 Å². The number of β-amino-alcohol motifs (C(OH)–C–C–N with tert-alkyl or cyclic N) is 1. The Morgan fingerprint density at radius 3 is 2.61 bits per heavy atom. The molecule has 4 heteroatoms. The quantitative estimate of drug-likeness (QED) is 0.808. The molecule has 1 aliphatic rings. The summed E-state index contributed by atoms with van der Waals surface area (Å²) < 4.78 is 2.11. The summed E-state index contributed by atoms with van der Waals surface area (Å²) in [5.41, 5.74) is 1.42. The Bertz CT molecular complexity index is 857. The fourth-order valence-corrected chi connectivity index (χ4v) is 3.50. The lowest BCUT2D eigenvalue weighted by atomic mass is 9.83. The van der Waals surface area contributed by atoms with Gasteiger partial charge in [-0.2, -0.15) is 0 Å². The van der Waals surface area contributed by atoms with E-state index in [1.165, 1.54) is 5.39 Å². The van der Waals surface area contributed by atoms with Gasteiger partial charge in [0, 0.05) is 32.0 Å². The van der Waals surface area contributed by atoms with Gasteiger partial charge in [-0.3, -0.25) is 4.90 Å². The monoisotopic (exact) mass is 307 g/mol. The van der Waals surface area contributed by atoms with Crippen LogP contribution in [-0.2, 0) is 19.2 Å². The highest BCUT2D eigenvalue weighted by Gasteiger charge is 2.43. The van der Waals surface area contributed by atoms with Crippen LogP contribution in [0.3, 0.4) is 0 Å².